The number of benzene rings is 2. The molecule has 166 valence electrons. The number of anilines is 1. The molecule has 7 nitrogen and oxygen atoms in total. The maximum absolute atomic E-state index is 13.6. The zero-order valence-electron chi connectivity index (χ0n) is 17.4. The van der Waals surface area contributed by atoms with Crippen LogP contribution in [0.2, 0.25) is 10.0 Å². The number of nitriles is 1. The van der Waals surface area contributed by atoms with Gasteiger partial charge in [-0.25, -0.2) is 18.4 Å². The van der Waals surface area contributed by atoms with E-state index >= 15 is 0 Å². The fourth-order valence-corrected chi connectivity index (χ4v) is 6.02. The Morgan fingerprint density at radius 3 is 2.34 bits per heavy atom. The molecule has 1 saturated heterocycles. The third-order valence-electron chi connectivity index (χ3n) is 5.17. The molecule has 10 heteroatoms. The second-order valence-electron chi connectivity index (χ2n) is 7.71. The summed E-state index contributed by atoms with van der Waals surface area (Å²) in [5.74, 6) is 0.346. The molecule has 1 aliphatic heterocycles. The summed E-state index contributed by atoms with van der Waals surface area (Å²) in [5.41, 5.74) is 1.16. The van der Waals surface area contributed by atoms with Crippen molar-refractivity contribution >= 4 is 49.9 Å². The average Bonchev–Trinajstić information content (AvgIpc) is 2.74. The smallest absolute Gasteiger partial charge is 0.202 e. The Kier molecular flexibility index (Phi) is 6.28. The normalized spacial score (nSPS) is 20.2. The molecule has 4 rings (SSSR count). The van der Waals surface area contributed by atoms with E-state index in [1.165, 1.54) is 18.2 Å². The van der Waals surface area contributed by atoms with Gasteiger partial charge in [-0.05, 0) is 44.2 Å². The lowest BCUT2D eigenvalue weighted by Gasteiger charge is -2.37. The van der Waals surface area contributed by atoms with Crippen molar-refractivity contribution in [3.8, 4) is 6.07 Å². The predicted octanol–water partition coefficient (Wildman–Crippen LogP) is 4.59. The first-order valence-electron chi connectivity index (χ1n) is 9.96. The number of hydrogen-bond donors (Lipinski definition) is 0. The van der Waals surface area contributed by atoms with Gasteiger partial charge in [-0.2, -0.15) is 5.26 Å². The van der Waals surface area contributed by atoms with Crippen molar-refractivity contribution in [1.82, 2.24) is 9.97 Å². The van der Waals surface area contributed by atoms with Crippen LogP contribution < -0.4 is 4.90 Å². The molecule has 2 heterocycles. The fraction of sp³-hybridized carbons (Fsp3) is 0.318. The Hall–Kier alpha value is -2.44. The van der Waals surface area contributed by atoms with Gasteiger partial charge >= 0.3 is 0 Å². The molecular formula is C22H20Cl2N4O3S. The monoisotopic (exact) mass is 490 g/mol. The van der Waals surface area contributed by atoms with Gasteiger partial charge in [0.05, 0.1) is 39.2 Å². The molecule has 0 amide bonds. The summed E-state index contributed by atoms with van der Waals surface area (Å²) < 4.78 is 32.9. The van der Waals surface area contributed by atoms with E-state index in [2.05, 4.69) is 4.98 Å². The van der Waals surface area contributed by atoms with Crippen LogP contribution in [0.5, 0.6) is 0 Å². The molecule has 0 aliphatic carbocycles. The molecule has 1 fully saturated rings. The number of aromatic nitrogens is 2. The molecule has 1 aromatic heterocycles. The van der Waals surface area contributed by atoms with Gasteiger partial charge in [-0.3, -0.25) is 0 Å². The molecule has 0 radical (unpaired) electrons. The third kappa shape index (κ3) is 4.26. The Balaban J connectivity index is 1.93. The highest BCUT2D eigenvalue weighted by atomic mass is 35.5. The number of hydrogen-bond acceptors (Lipinski definition) is 7. The Morgan fingerprint density at radius 1 is 1.09 bits per heavy atom. The molecule has 1 aliphatic rings. The number of nitrogens with zero attached hydrogens (tertiary/aromatic N) is 4. The average molecular weight is 491 g/mol. The number of rotatable bonds is 4. The van der Waals surface area contributed by atoms with E-state index in [-0.39, 0.29) is 32.8 Å². The lowest BCUT2D eigenvalue weighted by molar-refractivity contribution is -0.00550. The fourth-order valence-electron chi connectivity index (χ4n) is 3.86. The van der Waals surface area contributed by atoms with E-state index in [0.29, 0.717) is 29.9 Å². The third-order valence-corrected chi connectivity index (χ3v) is 7.75. The van der Waals surface area contributed by atoms with Gasteiger partial charge in [0, 0.05) is 18.1 Å². The van der Waals surface area contributed by atoms with E-state index in [9.17, 15) is 13.7 Å². The van der Waals surface area contributed by atoms with Gasteiger partial charge in [0.15, 0.2) is 11.1 Å². The quantitative estimate of drug-likeness (QED) is 0.527. The summed E-state index contributed by atoms with van der Waals surface area (Å²) >= 11 is 12.2. The SMILES string of the molecule is C[C@@H]1CN(c2nc3ccccc3nc2[C@H](C#N)S(=O)(=O)c2cc(Cl)ccc2Cl)C[C@H](C)O1. The number of sulfone groups is 1. The standard InChI is InChI=1S/C22H20Cl2N4O3S/c1-13-11-28(12-14(2)31-13)22-21(26-17-5-3-4-6-18(17)27-22)20(10-25)32(29,30)19-9-15(23)7-8-16(19)24/h3-9,13-14,20H,11-12H2,1-2H3/t13-,14+,20-/m0/s1. The lowest BCUT2D eigenvalue weighted by atomic mass is 10.2. The minimum absolute atomic E-state index is 0.0152. The molecule has 3 atom stereocenters. The van der Waals surface area contributed by atoms with E-state index in [1.54, 1.807) is 18.2 Å². The predicted molar refractivity (Wildman–Crippen MR) is 124 cm³/mol. The van der Waals surface area contributed by atoms with Crippen molar-refractivity contribution in [3.63, 3.8) is 0 Å². The first-order valence-corrected chi connectivity index (χ1v) is 12.3. The Morgan fingerprint density at radius 2 is 1.72 bits per heavy atom. The second-order valence-corrected chi connectivity index (χ2v) is 10.6. The van der Waals surface area contributed by atoms with Crippen LogP contribution in [-0.4, -0.2) is 43.7 Å². The largest absolute Gasteiger partial charge is 0.372 e. The molecule has 0 saturated carbocycles. The molecule has 0 spiro atoms. The number of morpholine rings is 1. The van der Waals surface area contributed by atoms with Crippen molar-refractivity contribution in [2.45, 2.75) is 36.2 Å². The van der Waals surface area contributed by atoms with Crippen molar-refractivity contribution in [2.75, 3.05) is 18.0 Å². The first-order chi connectivity index (χ1) is 15.2. The van der Waals surface area contributed by atoms with Gasteiger partial charge in [-0.15, -0.1) is 0 Å². The second kappa shape index (κ2) is 8.83. The molecule has 32 heavy (non-hydrogen) atoms. The maximum Gasteiger partial charge on any atom is 0.202 e. The summed E-state index contributed by atoms with van der Waals surface area (Å²) in [4.78, 5) is 11.0. The minimum Gasteiger partial charge on any atom is -0.372 e. The molecule has 3 aromatic rings. The van der Waals surface area contributed by atoms with E-state index in [0.717, 1.165) is 0 Å². The molecule has 2 aromatic carbocycles. The molecular weight excluding hydrogens is 471 g/mol. The Labute approximate surface area is 196 Å². The van der Waals surface area contributed by atoms with Gasteiger partial charge in [0.2, 0.25) is 9.84 Å². The highest BCUT2D eigenvalue weighted by molar-refractivity contribution is 7.92. The lowest BCUT2D eigenvalue weighted by Crippen LogP contribution is -2.46. The van der Waals surface area contributed by atoms with Gasteiger partial charge in [0.1, 0.15) is 5.69 Å². The first kappa shape index (κ1) is 22.7. The van der Waals surface area contributed by atoms with Crippen LogP contribution in [0.15, 0.2) is 47.4 Å². The topological polar surface area (TPSA) is 96.2 Å². The van der Waals surface area contributed by atoms with E-state index in [1.807, 2.05) is 30.9 Å². The number of para-hydroxylation sites is 2. The highest BCUT2D eigenvalue weighted by Gasteiger charge is 2.37. The van der Waals surface area contributed by atoms with Crippen molar-refractivity contribution in [1.29, 1.82) is 5.26 Å². The van der Waals surface area contributed by atoms with Crippen LogP contribution in [0.25, 0.3) is 11.0 Å². The van der Waals surface area contributed by atoms with Crippen LogP contribution >= 0.6 is 23.2 Å². The van der Waals surface area contributed by atoms with Crippen LogP contribution in [0.1, 0.15) is 24.8 Å². The molecule has 0 N–H and O–H groups in total. The van der Waals surface area contributed by atoms with Gasteiger partial charge in [0.25, 0.3) is 0 Å². The highest BCUT2D eigenvalue weighted by Crippen LogP contribution is 2.37. The maximum atomic E-state index is 13.6. The van der Waals surface area contributed by atoms with Crippen LogP contribution in [-0.2, 0) is 14.6 Å². The van der Waals surface area contributed by atoms with E-state index < -0.39 is 15.1 Å². The van der Waals surface area contributed by atoms with Crippen molar-refractivity contribution in [2.24, 2.45) is 0 Å². The van der Waals surface area contributed by atoms with Gasteiger partial charge in [-0.1, -0.05) is 35.3 Å². The summed E-state index contributed by atoms with van der Waals surface area (Å²) in [6.07, 6.45) is -0.196. The Bertz CT molecular complexity index is 1320. The summed E-state index contributed by atoms with van der Waals surface area (Å²) in [5, 5.41) is 8.58. The minimum atomic E-state index is -4.25. The zero-order chi connectivity index (χ0) is 23.0. The van der Waals surface area contributed by atoms with Gasteiger partial charge < -0.3 is 9.64 Å². The van der Waals surface area contributed by atoms with Crippen molar-refractivity contribution < 1.29 is 13.2 Å². The number of halogens is 2. The molecule has 0 unspecified atom stereocenters. The van der Waals surface area contributed by atoms with Crippen LogP contribution in [0, 0.1) is 11.3 Å². The molecule has 0 bridgehead atoms. The van der Waals surface area contributed by atoms with Crippen molar-refractivity contribution in [3.05, 3.63) is 58.2 Å². The van der Waals surface area contributed by atoms with E-state index in [4.69, 9.17) is 32.9 Å². The number of fused-ring (bicyclic) bond motifs is 1. The summed E-state index contributed by atoms with van der Waals surface area (Å²) in [6, 6.07) is 13.2. The summed E-state index contributed by atoms with van der Waals surface area (Å²) in [7, 11) is -4.25. The summed E-state index contributed by atoms with van der Waals surface area (Å²) in [6.45, 7) is 4.84. The number of ether oxygens (including phenoxy) is 1. The van der Waals surface area contributed by atoms with Crippen LogP contribution in [0.3, 0.4) is 0 Å². The zero-order valence-corrected chi connectivity index (χ0v) is 19.7. The van der Waals surface area contributed by atoms with Crippen LogP contribution in [0.4, 0.5) is 5.82 Å².